The molecule has 3 aromatic rings. The number of methoxy groups -OCH3 is 2. The SMILES string of the molecule is COc1ccc(/C(O)=C2\C(=O)C(=O)N(c3ccc(C)c(C)c3)C2c2ccc(OC(C)=O)cc2)cc1OC. The number of Topliss-reactive ketones (excluding diaryl/α,β-unsaturated/α-hetero) is 1. The van der Waals surface area contributed by atoms with Crippen molar-refractivity contribution in [2.45, 2.75) is 26.8 Å². The molecule has 0 radical (unpaired) electrons. The lowest BCUT2D eigenvalue weighted by atomic mass is 9.94. The Balaban J connectivity index is 1.92. The van der Waals surface area contributed by atoms with E-state index in [4.69, 9.17) is 14.2 Å². The number of carbonyl (C=O) groups excluding carboxylic acids is 3. The first-order valence-electron chi connectivity index (χ1n) is 11.5. The van der Waals surface area contributed by atoms with E-state index in [1.807, 2.05) is 26.0 Å². The van der Waals surface area contributed by atoms with Gasteiger partial charge >= 0.3 is 5.97 Å². The molecule has 0 aliphatic carbocycles. The summed E-state index contributed by atoms with van der Waals surface area (Å²) in [7, 11) is 2.96. The number of rotatable bonds is 6. The molecule has 1 N–H and O–H groups in total. The van der Waals surface area contributed by atoms with E-state index in [9.17, 15) is 19.5 Å². The molecule has 1 heterocycles. The quantitative estimate of drug-likeness (QED) is 0.169. The van der Waals surface area contributed by atoms with Crippen LogP contribution in [0.25, 0.3) is 5.76 Å². The molecule has 37 heavy (non-hydrogen) atoms. The molecule has 1 aliphatic rings. The molecular weight excluding hydrogens is 474 g/mol. The first-order chi connectivity index (χ1) is 17.7. The highest BCUT2D eigenvalue weighted by atomic mass is 16.5. The summed E-state index contributed by atoms with van der Waals surface area (Å²) in [5, 5.41) is 11.4. The molecule has 1 amide bonds. The number of ketones is 1. The molecule has 190 valence electrons. The standard InChI is InChI=1S/C29H27NO7/c1-16-6-10-21(14-17(16)2)30-26(19-7-11-22(12-8-19)37-18(3)31)25(28(33)29(30)34)27(32)20-9-13-23(35-4)24(15-20)36-5/h6-15,26,32H,1-5H3/b27-25+. The van der Waals surface area contributed by atoms with Crippen molar-refractivity contribution >= 4 is 29.1 Å². The molecule has 8 nitrogen and oxygen atoms in total. The zero-order chi connectivity index (χ0) is 26.9. The molecule has 1 fully saturated rings. The highest BCUT2D eigenvalue weighted by molar-refractivity contribution is 6.51. The van der Waals surface area contributed by atoms with Gasteiger partial charge in [0.1, 0.15) is 11.5 Å². The number of benzene rings is 3. The lowest BCUT2D eigenvalue weighted by Gasteiger charge is -2.26. The van der Waals surface area contributed by atoms with Gasteiger partial charge in [-0.05, 0) is 73.0 Å². The zero-order valence-electron chi connectivity index (χ0n) is 21.2. The first kappa shape index (κ1) is 25.5. The molecule has 8 heteroatoms. The van der Waals surface area contributed by atoms with Gasteiger partial charge in [-0.25, -0.2) is 0 Å². The van der Waals surface area contributed by atoms with E-state index in [-0.39, 0.29) is 16.9 Å². The predicted molar refractivity (Wildman–Crippen MR) is 138 cm³/mol. The van der Waals surface area contributed by atoms with Crippen LogP contribution in [0.15, 0.2) is 66.2 Å². The van der Waals surface area contributed by atoms with Crippen molar-refractivity contribution < 1.29 is 33.7 Å². The molecule has 0 bridgehead atoms. The van der Waals surface area contributed by atoms with Crippen LogP contribution < -0.4 is 19.1 Å². The number of ether oxygens (including phenoxy) is 3. The van der Waals surface area contributed by atoms with Crippen LogP contribution in [0, 0.1) is 13.8 Å². The second-order valence-electron chi connectivity index (χ2n) is 8.67. The highest BCUT2D eigenvalue weighted by Gasteiger charge is 2.47. The van der Waals surface area contributed by atoms with Crippen molar-refractivity contribution in [2.24, 2.45) is 0 Å². The fraction of sp³-hybridized carbons (Fsp3) is 0.207. The maximum absolute atomic E-state index is 13.4. The lowest BCUT2D eigenvalue weighted by molar-refractivity contribution is -0.132. The molecule has 1 unspecified atom stereocenters. The van der Waals surface area contributed by atoms with Gasteiger partial charge in [-0.15, -0.1) is 0 Å². The summed E-state index contributed by atoms with van der Waals surface area (Å²) in [5.41, 5.74) is 3.27. The molecular formula is C29H27NO7. The third-order valence-corrected chi connectivity index (χ3v) is 6.33. The smallest absolute Gasteiger partial charge is 0.308 e. The number of amides is 1. The minimum absolute atomic E-state index is 0.0734. The van der Waals surface area contributed by atoms with Gasteiger partial charge in [-0.2, -0.15) is 0 Å². The Bertz CT molecular complexity index is 1420. The topological polar surface area (TPSA) is 102 Å². The summed E-state index contributed by atoms with van der Waals surface area (Å²) < 4.78 is 15.7. The second kappa shape index (κ2) is 10.2. The number of esters is 1. The largest absolute Gasteiger partial charge is 0.507 e. The minimum Gasteiger partial charge on any atom is -0.507 e. The number of nitrogens with zero attached hydrogens (tertiary/aromatic N) is 1. The second-order valence-corrected chi connectivity index (χ2v) is 8.67. The van der Waals surface area contributed by atoms with Crippen molar-refractivity contribution in [1.29, 1.82) is 0 Å². The molecule has 0 spiro atoms. The predicted octanol–water partition coefficient (Wildman–Crippen LogP) is 4.87. The molecule has 0 aromatic heterocycles. The fourth-order valence-corrected chi connectivity index (χ4v) is 4.31. The Labute approximate surface area is 214 Å². The molecule has 1 saturated heterocycles. The Morgan fingerprint density at radius 3 is 2.14 bits per heavy atom. The summed E-state index contributed by atoms with van der Waals surface area (Å²) in [5.74, 6) is -1.27. The number of anilines is 1. The maximum Gasteiger partial charge on any atom is 0.308 e. The summed E-state index contributed by atoms with van der Waals surface area (Å²) in [6.07, 6.45) is 0. The Hall–Kier alpha value is -4.59. The summed E-state index contributed by atoms with van der Waals surface area (Å²) >= 11 is 0. The van der Waals surface area contributed by atoms with E-state index in [1.165, 1.54) is 26.0 Å². The highest BCUT2D eigenvalue weighted by Crippen LogP contribution is 2.43. The van der Waals surface area contributed by atoms with Crippen LogP contribution in [0.4, 0.5) is 5.69 Å². The molecule has 4 rings (SSSR count). The molecule has 1 aliphatic heterocycles. The van der Waals surface area contributed by atoms with Crippen LogP contribution in [0.5, 0.6) is 17.2 Å². The molecule has 3 aromatic carbocycles. The van der Waals surface area contributed by atoms with Gasteiger partial charge in [0.2, 0.25) is 0 Å². The van der Waals surface area contributed by atoms with Crippen molar-refractivity contribution in [3.8, 4) is 17.2 Å². The van der Waals surface area contributed by atoms with Crippen molar-refractivity contribution in [1.82, 2.24) is 0 Å². The van der Waals surface area contributed by atoms with Crippen LogP contribution >= 0.6 is 0 Å². The third kappa shape index (κ3) is 4.78. The van der Waals surface area contributed by atoms with E-state index in [0.717, 1.165) is 11.1 Å². The van der Waals surface area contributed by atoms with Crippen molar-refractivity contribution in [3.63, 3.8) is 0 Å². The Kier molecular flexibility index (Phi) is 7.02. The molecule has 1 atom stereocenters. The third-order valence-electron chi connectivity index (χ3n) is 6.33. The van der Waals surface area contributed by atoms with Crippen LogP contribution in [-0.2, 0) is 14.4 Å². The van der Waals surface area contributed by atoms with E-state index < -0.39 is 23.7 Å². The zero-order valence-corrected chi connectivity index (χ0v) is 21.2. The molecule has 0 saturated carbocycles. The van der Waals surface area contributed by atoms with E-state index in [0.29, 0.717) is 28.5 Å². The Morgan fingerprint density at radius 2 is 1.54 bits per heavy atom. The summed E-state index contributed by atoms with van der Waals surface area (Å²) in [6.45, 7) is 5.17. The monoisotopic (exact) mass is 501 g/mol. The van der Waals surface area contributed by atoms with Gasteiger partial charge in [0.05, 0.1) is 25.8 Å². The van der Waals surface area contributed by atoms with Crippen LogP contribution in [0.1, 0.15) is 35.2 Å². The first-order valence-corrected chi connectivity index (χ1v) is 11.5. The van der Waals surface area contributed by atoms with Gasteiger partial charge in [-0.3, -0.25) is 19.3 Å². The number of hydrogen-bond donors (Lipinski definition) is 1. The van der Waals surface area contributed by atoms with Crippen LogP contribution in [0.3, 0.4) is 0 Å². The lowest BCUT2D eigenvalue weighted by Crippen LogP contribution is -2.29. The average Bonchev–Trinajstić information content (AvgIpc) is 3.15. The summed E-state index contributed by atoms with van der Waals surface area (Å²) in [4.78, 5) is 39.5. The van der Waals surface area contributed by atoms with E-state index in [2.05, 4.69) is 0 Å². The number of aliphatic hydroxyl groups is 1. The fourth-order valence-electron chi connectivity index (χ4n) is 4.31. The normalized spacial score (nSPS) is 16.6. The van der Waals surface area contributed by atoms with Crippen LogP contribution in [0.2, 0.25) is 0 Å². The van der Waals surface area contributed by atoms with Crippen LogP contribution in [-0.4, -0.2) is 37.0 Å². The minimum atomic E-state index is -0.929. The van der Waals surface area contributed by atoms with E-state index >= 15 is 0 Å². The maximum atomic E-state index is 13.4. The van der Waals surface area contributed by atoms with Crippen molar-refractivity contribution in [2.75, 3.05) is 19.1 Å². The van der Waals surface area contributed by atoms with E-state index in [1.54, 1.807) is 48.5 Å². The summed E-state index contributed by atoms with van der Waals surface area (Å²) in [6, 6.07) is 15.7. The van der Waals surface area contributed by atoms with Gasteiger partial charge in [0, 0.05) is 18.2 Å². The number of aliphatic hydroxyl groups excluding tert-OH is 1. The van der Waals surface area contributed by atoms with Gasteiger partial charge in [0.25, 0.3) is 11.7 Å². The number of aryl methyl sites for hydroxylation is 2. The Morgan fingerprint density at radius 1 is 0.865 bits per heavy atom. The average molecular weight is 502 g/mol. The number of carbonyl (C=O) groups is 3. The van der Waals surface area contributed by atoms with Gasteiger partial charge < -0.3 is 19.3 Å². The number of hydrogen-bond acceptors (Lipinski definition) is 7. The van der Waals surface area contributed by atoms with Gasteiger partial charge in [0.15, 0.2) is 11.5 Å². The van der Waals surface area contributed by atoms with Gasteiger partial charge in [-0.1, -0.05) is 18.2 Å². The van der Waals surface area contributed by atoms with Crippen molar-refractivity contribution in [3.05, 3.63) is 88.5 Å².